The van der Waals surface area contributed by atoms with Crippen LogP contribution in [-0.4, -0.2) is 46.5 Å². The van der Waals surface area contributed by atoms with Gasteiger partial charge >= 0.3 is 0 Å². The molecule has 2 aromatic rings. The first-order chi connectivity index (χ1) is 14.0. The Morgan fingerprint density at radius 2 is 1.90 bits per heavy atom. The molecule has 1 aliphatic heterocycles. The van der Waals surface area contributed by atoms with Crippen molar-refractivity contribution < 1.29 is 18.3 Å². The van der Waals surface area contributed by atoms with Crippen LogP contribution in [0.25, 0.3) is 0 Å². The Morgan fingerprint density at radius 3 is 2.62 bits per heavy atom. The molecule has 1 aromatic heterocycles. The molecule has 6 nitrogen and oxygen atoms in total. The first kappa shape index (κ1) is 19.5. The molecule has 0 N–H and O–H groups in total. The van der Waals surface area contributed by atoms with Crippen molar-refractivity contribution in [3.05, 3.63) is 42.2 Å². The average Bonchev–Trinajstić information content (AvgIpc) is 3.25. The molecule has 1 aliphatic carbocycles. The standard InChI is InChI=1S/C21H24F2N4O2/c1-14-12-26(8-9-27(14)21(28)15-4-2-3-5-15)19-11-20(25-13-24-19)29-16-6-7-17(22)18(23)10-16/h6-7,10-11,13-15H,2-5,8-9,12H2,1H3/t14-/m0/s1. The first-order valence-electron chi connectivity index (χ1n) is 10.0. The third-order valence-electron chi connectivity index (χ3n) is 5.68. The van der Waals surface area contributed by atoms with Crippen molar-refractivity contribution in [1.29, 1.82) is 0 Å². The van der Waals surface area contributed by atoms with Gasteiger partial charge < -0.3 is 14.5 Å². The van der Waals surface area contributed by atoms with Crippen molar-refractivity contribution in [2.45, 2.75) is 38.6 Å². The number of rotatable bonds is 4. The molecule has 0 bridgehead atoms. The molecule has 2 fully saturated rings. The second-order valence-corrected chi connectivity index (χ2v) is 7.70. The van der Waals surface area contributed by atoms with Gasteiger partial charge in [0, 0.05) is 43.7 Å². The van der Waals surface area contributed by atoms with E-state index in [1.54, 1.807) is 6.07 Å². The summed E-state index contributed by atoms with van der Waals surface area (Å²) in [6.45, 7) is 4.04. The van der Waals surface area contributed by atoms with Crippen LogP contribution in [0, 0.1) is 17.6 Å². The quantitative estimate of drug-likeness (QED) is 0.779. The maximum absolute atomic E-state index is 13.4. The molecular formula is C21H24F2N4O2. The zero-order valence-electron chi connectivity index (χ0n) is 16.4. The van der Waals surface area contributed by atoms with E-state index < -0.39 is 11.6 Å². The van der Waals surface area contributed by atoms with Gasteiger partial charge in [0.2, 0.25) is 11.8 Å². The van der Waals surface area contributed by atoms with Crippen LogP contribution < -0.4 is 9.64 Å². The molecule has 154 valence electrons. The number of aromatic nitrogens is 2. The van der Waals surface area contributed by atoms with Crippen LogP contribution >= 0.6 is 0 Å². The molecule has 0 spiro atoms. The normalized spacial score (nSPS) is 20.2. The molecule has 8 heteroatoms. The van der Waals surface area contributed by atoms with Gasteiger partial charge in [-0.2, -0.15) is 0 Å². The van der Waals surface area contributed by atoms with Gasteiger partial charge in [0.25, 0.3) is 0 Å². The lowest BCUT2D eigenvalue weighted by atomic mass is 10.0. The summed E-state index contributed by atoms with van der Waals surface area (Å²) in [5.41, 5.74) is 0. The summed E-state index contributed by atoms with van der Waals surface area (Å²) in [6.07, 6.45) is 5.68. The molecule has 1 amide bonds. The molecule has 1 saturated carbocycles. The van der Waals surface area contributed by atoms with E-state index in [0.29, 0.717) is 25.5 Å². The molecule has 1 aromatic carbocycles. The average molecular weight is 402 g/mol. The van der Waals surface area contributed by atoms with E-state index >= 15 is 0 Å². The number of ether oxygens (including phenoxy) is 1. The van der Waals surface area contributed by atoms with E-state index in [0.717, 1.165) is 37.8 Å². The number of hydrogen-bond acceptors (Lipinski definition) is 5. The lowest BCUT2D eigenvalue weighted by Gasteiger charge is -2.41. The number of benzene rings is 1. The minimum Gasteiger partial charge on any atom is -0.439 e. The predicted octanol–water partition coefficient (Wildman–Crippen LogP) is 3.77. The molecule has 2 aliphatic rings. The Kier molecular flexibility index (Phi) is 5.60. The van der Waals surface area contributed by atoms with Crippen molar-refractivity contribution in [1.82, 2.24) is 14.9 Å². The van der Waals surface area contributed by atoms with Crippen LogP contribution in [-0.2, 0) is 4.79 Å². The fourth-order valence-electron chi connectivity index (χ4n) is 4.12. The molecule has 29 heavy (non-hydrogen) atoms. The van der Waals surface area contributed by atoms with Gasteiger partial charge in [-0.1, -0.05) is 12.8 Å². The second-order valence-electron chi connectivity index (χ2n) is 7.70. The Labute approximate surface area is 168 Å². The van der Waals surface area contributed by atoms with Gasteiger partial charge in [-0.25, -0.2) is 18.7 Å². The van der Waals surface area contributed by atoms with Crippen molar-refractivity contribution in [2.75, 3.05) is 24.5 Å². The summed E-state index contributed by atoms with van der Waals surface area (Å²) in [4.78, 5) is 25.2. The van der Waals surface area contributed by atoms with Crippen LogP contribution in [0.15, 0.2) is 30.6 Å². The maximum Gasteiger partial charge on any atom is 0.226 e. The maximum atomic E-state index is 13.4. The highest BCUT2D eigenvalue weighted by molar-refractivity contribution is 5.79. The zero-order valence-corrected chi connectivity index (χ0v) is 16.4. The predicted molar refractivity (Wildman–Crippen MR) is 104 cm³/mol. The van der Waals surface area contributed by atoms with Gasteiger partial charge in [-0.15, -0.1) is 0 Å². The lowest BCUT2D eigenvalue weighted by molar-refractivity contribution is -0.137. The van der Waals surface area contributed by atoms with Gasteiger partial charge in [0.05, 0.1) is 0 Å². The number of hydrogen-bond donors (Lipinski definition) is 0. The van der Waals surface area contributed by atoms with Gasteiger partial charge in [0.15, 0.2) is 11.6 Å². The first-order valence-corrected chi connectivity index (χ1v) is 10.0. The summed E-state index contributed by atoms with van der Waals surface area (Å²) in [6, 6.07) is 5.09. The van der Waals surface area contributed by atoms with E-state index in [9.17, 15) is 13.6 Å². The molecule has 0 unspecified atom stereocenters. The molecule has 1 atom stereocenters. The minimum absolute atomic E-state index is 0.0855. The van der Waals surface area contributed by atoms with Crippen LogP contribution in [0.3, 0.4) is 0 Å². The highest BCUT2D eigenvalue weighted by Crippen LogP contribution is 2.29. The van der Waals surface area contributed by atoms with Crippen molar-refractivity contribution in [2.24, 2.45) is 5.92 Å². The number of carbonyl (C=O) groups excluding carboxylic acids is 1. The summed E-state index contributed by atoms with van der Waals surface area (Å²) >= 11 is 0. The molecular weight excluding hydrogens is 378 g/mol. The van der Waals surface area contributed by atoms with Gasteiger partial charge in [-0.3, -0.25) is 4.79 Å². The number of piperazine rings is 1. The topological polar surface area (TPSA) is 58.6 Å². The highest BCUT2D eigenvalue weighted by atomic mass is 19.2. The minimum atomic E-state index is -0.978. The highest BCUT2D eigenvalue weighted by Gasteiger charge is 2.33. The van der Waals surface area contributed by atoms with E-state index in [1.165, 1.54) is 12.4 Å². The molecule has 0 radical (unpaired) electrons. The summed E-state index contributed by atoms with van der Waals surface area (Å²) < 4.78 is 32.0. The van der Waals surface area contributed by atoms with Gasteiger partial charge in [0.1, 0.15) is 17.9 Å². The third-order valence-corrected chi connectivity index (χ3v) is 5.68. The van der Waals surface area contributed by atoms with Crippen LogP contribution in [0.5, 0.6) is 11.6 Å². The largest absolute Gasteiger partial charge is 0.439 e. The van der Waals surface area contributed by atoms with E-state index in [2.05, 4.69) is 21.8 Å². The second kappa shape index (κ2) is 8.31. The van der Waals surface area contributed by atoms with Crippen LogP contribution in [0.1, 0.15) is 32.6 Å². The van der Waals surface area contributed by atoms with Crippen LogP contribution in [0.2, 0.25) is 0 Å². The Hall–Kier alpha value is -2.77. The number of amides is 1. The zero-order chi connectivity index (χ0) is 20.4. The summed E-state index contributed by atoms with van der Waals surface area (Å²) in [5.74, 6) is -0.364. The lowest BCUT2D eigenvalue weighted by Crippen LogP contribution is -2.55. The molecule has 2 heterocycles. The number of halogens is 2. The fraction of sp³-hybridized carbons (Fsp3) is 0.476. The van der Waals surface area contributed by atoms with E-state index in [-0.39, 0.29) is 29.5 Å². The number of nitrogens with zero attached hydrogens (tertiary/aromatic N) is 4. The van der Waals surface area contributed by atoms with Crippen molar-refractivity contribution >= 4 is 11.7 Å². The van der Waals surface area contributed by atoms with Crippen LogP contribution in [0.4, 0.5) is 14.6 Å². The van der Waals surface area contributed by atoms with Crippen molar-refractivity contribution in [3.8, 4) is 11.6 Å². The summed E-state index contributed by atoms with van der Waals surface area (Å²) in [5, 5.41) is 0. The molecule has 4 rings (SSSR count). The number of anilines is 1. The monoisotopic (exact) mass is 402 g/mol. The smallest absolute Gasteiger partial charge is 0.226 e. The van der Waals surface area contributed by atoms with E-state index in [1.807, 2.05) is 4.90 Å². The molecule has 1 saturated heterocycles. The number of carbonyl (C=O) groups is 1. The van der Waals surface area contributed by atoms with Crippen molar-refractivity contribution in [3.63, 3.8) is 0 Å². The van der Waals surface area contributed by atoms with Gasteiger partial charge in [-0.05, 0) is 31.9 Å². The SMILES string of the molecule is C[C@H]1CN(c2cc(Oc3ccc(F)c(F)c3)ncn2)CCN1C(=O)C1CCCC1. The Morgan fingerprint density at radius 1 is 1.10 bits per heavy atom. The Bertz CT molecular complexity index is 889. The Balaban J connectivity index is 1.42. The third kappa shape index (κ3) is 4.31. The summed E-state index contributed by atoms with van der Waals surface area (Å²) in [7, 11) is 0. The van der Waals surface area contributed by atoms with E-state index in [4.69, 9.17) is 4.74 Å². The fourth-order valence-corrected chi connectivity index (χ4v) is 4.12.